The monoisotopic (exact) mass is 1090 g/mol. The normalized spacial score (nSPS) is 20.0. The number of ether oxygens (including phenoxy) is 2. The second kappa shape index (κ2) is 30.2. The number of carboxylic acid groups (broad SMARTS) is 3. The maximum absolute atomic E-state index is 14.3. The van der Waals surface area contributed by atoms with Gasteiger partial charge in [0.05, 0.1) is 31.7 Å². The number of rotatable bonds is 32. The van der Waals surface area contributed by atoms with Crippen LogP contribution in [0.25, 0.3) is 0 Å². The molecular formula is C50H75N11O16. The zero-order valence-corrected chi connectivity index (χ0v) is 44.0. The van der Waals surface area contributed by atoms with E-state index in [1.807, 2.05) is 30.0 Å². The lowest BCUT2D eigenvalue weighted by Gasteiger charge is -2.33. The zero-order chi connectivity index (χ0) is 56.2. The van der Waals surface area contributed by atoms with Crippen molar-refractivity contribution in [2.45, 2.75) is 102 Å². The Bertz CT molecular complexity index is 2300. The van der Waals surface area contributed by atoms with E-state index in [1.165, 1.54) is 12.0 Å². The number of carboxylic acids is 3. The number of likely N-dealkylation sites (tertiary alicyclic amines) is 1. The molecule has 7 amide bonds. The molecular weight excluding hydrogens is 1010 g/mol. The molecule has 1 aromatic carbocycles. The number of methoxy groups -OCH3 is 1. The third-order valence-electron chi connectivity index (χ3n) is 14.1. The number of carbonyl (C=O) groups is 11. The molecule has 0 saturated carbocycles. The molecule has 4 aliphatic heterocycles. The number of nitrogens with one attached hydrogen (secondary N) is 7. The van der Waals surface area contributed by atoms with Gasteiger partial charge >= 0.3 is 23.9 Å². The number of carbonyl (C=O) groups excluding carboxylic acids is 8. The summed E-state index contributed by atoms with van der Waals surface area (Å²) in [6.07, 6.45) is 1.33. The standard InChI is InChI=1S/C50H75N11O16/c1-4-30(2)45(48(74)55-34-9-8-32-6-5-7-33-22-36(61(46(32)33)49(34)75)47(73)56-35-23-44(72)77-50(35)76-3)57-38(63)11-15-53-37(62)10-14-54-39(64)26-60(29-43(70)71)40(65)27-58-18-12-31(13-19-58)24-51-16-20-59(28-42(68)69)21-17-52-25-41(66)67/h5-7,30-31,34-36,45,50-52H,4,8-29H2,1-3H3,(H,53,62)(H,54,64)(H,55,74)(H,56,73)(H,57,63)(H,66,67)(H,68,69)(H,70,71)/t30-,34-,35-,36-,45?,50+/m0/s1. The Balaban J connectivity index is 1.00. The third kappa shape index (κ3) is 19.0. The van der Waals surface area contributed by atoms with Crippen molar-refractivity contribution in [3.05, 3.63) is 29.3 Å². The third-order valence-corrected chi connectivity index (χ3v) is 14.1. The number of benzene rings is 1. The molecule has 2 fully saturated rings. The van der Waals surface area contributed by atoms with Gasteiger partial charge in [-0.2, -0.15) is 0 Å². The van der Waals surface area contributed by atoms with Crippen LogP contribution in [0.1, 0.15) is 69.9 Å². The van der Waals surface area contributed by atoms with E-state index in [1.54, 1.807) is 11.8 Å². The van der Waals surface area contributed by atoms with Crippen LogP contribution in [-0.2, 0) is 75.1 Å². The topological polar surface area (TPSA) is 364 Å². The lowest BCUT2D eigenvalue weighted by Crippen LogP contribution is -2.59. The summed E-state index contributed by atoms with van der Waals surface area (Å²) in [4.78, 5) is 145. The molecule has 27 heteroatoms. The number of anilines is 1. The van der Waals surface area contributed by atoms with Crippen molar-refractivity contribution in [2.24, 2.45) is 11.8 Å². The molecule has 10 N–H and O–H groups in total. The number of esters is 1. The minimum absolute atomic E-state index is 0.101. The molecule has 0 aliphatic carbocycles. The average Bonchev–Trinajstić information content (AvgIpc) is 3.97. The number of aliphatic carboxylic acids is 3. The molecule has 1 unspecified atom stereocenters. The number of hydrogen-bond acceptors (Lipinski definition) is 17. The Labute approximate surface area is 446 Å². The summed E-state index contributed by atoms with van der Waals surface area (Å²) in [5.41, 5.74) is 2.23. The molecule has 0 aromatic heterocycles. The van der Waals surface area contributed by atoms with Gasteiger partial charge in [-0.3, -0.25) is 67.4 Å². The average molecular weight is 1090 g/mol. The fraction of sp³-hybridized carbons (Fsp3) is 0.660. The predicted octanol–water partition coefficient (Wildman–Crippen LogP) is -3.40. The number of aryl methyl sites for hydroxylation is 1. The SMILES string of the molecule is CC[C@H](C)C(NC(=O)CCNC(=O)CCNC(=O)CN(CC(=O)O)C(=O)CN1CCC(CNCCN(CCNCC(=O)O)CC(=O)O)CC1)C(=O)N[C@H]1CCc2cccc3c2N(C1=O)[C@H](C(=O)N[C@H]1CC(=O)O[C@H]1OC)C3. The van der Waals surface area contributed by atoms with E-state index in [-0.39, 0.29) is 76.7 Å². The second-order valence-electron chi connectivity index (χ2n) is 19.8. The van der Waals surface area contributed by atoms with E-state index in [0.29, 0.717) is 64.3 Å². The van der Waals surface area contributed by atoms with Gasteiger partial charge in [0.1, 0.15) is 37.3 Å². The molecule has 27 nitrogen and oxygen atoms in total. The van der Waals surface area contributed by atoms with Gasteiger partial charge in [0.25, 0.3) is 0 Å². The van der Waals surface area contributed by atoms with Crippen molar-refractivity contribution in [1.82, 2.24) is 51.9 Å². The van der Waals surface area contributed by atoms with Gasteiger partial charge in [0.2, 0.25) is 47.6 Å². The fourth-order valence-corrected chi connectivity index (χ4v) is 9.75. The van der Waals surface area contributed by atoms with Crippen molar-refractivity contribution >= 4 is 70.9 Å². The van der Waals surface area contributed by atoms with Crippen molar-refractivity contribution < 1.29 is 77.5 Å². The van der Waals surface area contributed by atoms with E-state index < -0.39 is 109 Å². The highest BCUT2D eigenvalue weighted by Gasteiger charge is 2.46. The van der Waals surface area contributed by atoms with Gasteiger partial charge in [0.15, 0.2) is 0 Å². The first-order valence-electron chi connectivity index (χ1n) is 26.2. The number of hydrogen-bond donors (Lipinski definition) is 10. The molecule has 4 aliphatic rings. The zero-order valence-electron chi connectivity index (χ0n) is 44.0. The number of amides is 7. The molecule has 2 saturated heterocycles. The van der Waals surface area contributed by atoms with Crippen LogP contribution in [-0.4, -0.2) is 224 Å². The van der Waals surface area contributed by atoms with E-state index in [2.05, 4.69) is 37.2 Å². The second-order valence-corrected chi connectivity index (χ2v) is 19.8. The minimum Gasteiger partial charge on any atom is -0.480 e. The fourth-order valence-electron chi connectivity index (χ4n) is 9.75. The van der Waals surface area contributed by atoms with Crippen LogP contribution < -0.4 is 42.1 Å². The van der Waals surface area contributed by atoms with Crippen LogP contribution in [0.3, 0.4) is 0 Å². The van der Waals surface area contributed by atoms with Gasteiger partial charge in [-0.25, -0.2) is 0 Å². The molecule has 1 aromatic rings. The van der Waals surface area contributed by atoms with Crippen molar-refractivity contribution in [2.75, 3.05) is 104 Å². The van der Waals surface area contributed by atoms with Gasteiger partial charge in [-0.15, -0.1) is 0 Å². The first-order chi connectivity index (χ1) is 36.8. The first-order valence-corrected chi connectivity index (χ1v) is 26.2. The van der Waals surface area contributed by atoms with Gasteiger partial charge in [0, 0.05) is 65.6 Å². The molecule has 5 rings (SSSR count). The Morgan fingerprint density at radius 2 is 1.45 bits per heavy atom. The number of piperidine rings is 1. The largest absolute Gasteiger partial charge is 0.480 e. The lowest BCUT2D eigenvalue weighted by atomic mass is 9.97. The molecule has 0 bridgehead atoms. The summed E-state index contributed by atoms with van der Waals surface area (Å²) in [7, 11) is 1.35. The summed E-state index contributed by atoms with van der Waals surface area (Å²) in [6, 6.07) is 1.72. The lowest BCUT2D eigenvalue weighted by molar-refractivity contribution is -0.160. The van der Waals surface area contributed by atoms with Gasteiger partial charge in [-0.05, 0) is 68.3 Å². The Morgan fingerprint density at radius 3 is 2.12 bits per heavy atom. The molecule has 4 heterocycles. The van der Waals surface area contributed by atoms with Gasteiger partial charge in [-0.1, -0.05) is 38.5 Å². The summed E-state index contributed by atoms with van der Waals surface area (Å²) >= 11 is 0. The Hall–Kier alpha value is -6.81. The van der Waals surface area contributed by atoms with E-state index in [4.69, 9.17) is 14.6 Å². The Kier molecular flexibility index (Phi) is 24.0. The van der Waals surface area contributed by atoms with E-state index in [0.717, 1.165) is 28.9 Å². The van der Waals surface area contributed by atoms with Crippen LogP contribution >= 0.6 is 0 Å². The van der Waals surface area contributed by atoms with Crippen molar-refractivity contribution in [3.8, 4) is 0 Å². The van der Waals surface area contributed by atoms with Crippen molar-refractivity contribution in [1.29, 1.82) is 0 Å². The summed E-state index contributed by atoms with van der Waals surface area (Å²) in [6.45, 7) is 5.01. The van der Waals surface area contributed by atoms with Gasteiger partial charge < -0.3 is 66.9 Å². The molecule has 426 valence electrons. The predicted molar refractivity (Wildman–Crippen MR) is 273 cm³/mol. The van der Waals surface area contributed by atoms with Crippen LogP contribution in [0.5, 0.6) is 0 Å². The van der Waals surface area contributed by atoms with E-state index >= 15 is 0 Å². The van der Waals surface area contributed by atoms with Crippen LogP contribution in [0.4, 0.5) is 5.69 Å². The van der Waals surface area contributed by atoms with Crippen LogP contribution in [0, 0.1) is 11.8 Å². The smallest absolute Gasteiger partial charge is 0.323 e. The van der Waals surface area contributed by atoms with Crippen LogP contribution in [0.15, 0.2) is 18.2 Å². The van der Waals surface area contributed by atoms with Crippen molar-refractivity contribution in [3.63, 3.8) is 0 Å². The number of para-hydroxylation sites is 1. The molecule has 77 heavy (non-hydrogen) atoms. The highest BCUT2D eigenvalue weighted by atomic mass is 16.7. The summed E-state index contributed by atoms with van der Waals surface area (Å²) < 4.78 is 10.3. The highest BCUT2D eigenvalue weighted by molar-refractivity contribution is 6.08. The molecule has 0 radical (unpaired) electrons. The quantitative estimate of drug-likeness (QED) is 0.0248. The number of cyclic esters (lactones) is 1. The van der Waals surface area contributed by atoms with E-state index in [9.17, 15) is 63.0 Å². The minimum atomic E-state index is -1.31. The van der Waals surface area contributed by atoms with Crippen LogP contribution in [0.2, 0.25) is 0 Å². The first kappa shape index (κ1) is 61.0. The number of nitrogens with zero attached hydrogens (tertiary/aromatic N) is 4. The summed E-state index contributed by atoms with van der Waals surface area (Å²) in [5, 5.41) is 47.1. The maximum Gasteiger partial charge on any atom is 0.323 e. The Morgan fingerprint density at radius 1 is 0.792 bits per heavy atom. The molecule has 0 spiro atoms. The summed E-state index contributed by atoms with van der Waals surface area (Å²) in [5.74, 6) is -7.83. The highest BCUT2D eigenvalue weighted by Crippen LogP contribution is 2.39. The molecule has 6 atom stereocenters. The maximum atomic E-state index is 14.3.